The number of nitrogens with one attached hydrogen (secondary N) is 1. The highest BCUT2D eigenvalue weighted by Crippen LogP contribution is 2.19. The van der Waals surface area contributed by atoms with Gasteiger partial charge in [0.15, 0.2) is 6.61 Å². The van der Waals surface area contributed by atoms with Gasteiger partial charge in [-0.15, -0.1) is 0 Å². The molecule has 1 rings (SSSR count). The molecule has 1 N–H and O–H groups in total. The first-order valence-corrected chi connectivity index (χ1v) is 6.73. The zero-order chi connectivity index (χ0) is 14.4. The molecule has 5 nitrogen and oxygen atoms in total. The summed E-state index contributed by atoms with van der Waals surface area (Å²) in [5.41, 5.74) is 0. The number of amides is 1. The van der Waals surface area contributed by atoms with E-state index in [1.54, 1.807) is 13.0 Å². The third-order valence-corrected chi connectivity index (χ3v) is 3.21. The fourth-order valence-corrected chi connectivity index (χ4v) is 2.08. The summed E-state index contributed by atoms with van der Waals surface area (Å²) in [5.74, 6) is 2.43. The van der Waals surface area contributed by atoms with E-state index in [1.807, 2.05) is 0 Å². The summed E-state index contributed by atoms with van der Waals surface area (Å²) in [5, 5.41) is 6.56. The van der Waals surface area contributed by atoms with Crippen LogP contribution in [-0.2, 0) is 4.79 Å². The van der Waals surface area contributed by atoms with Gasteiger partial charge in [0.05, 0.1) is 0 Å². The Hall–Kier alpha value is -1.52. The molecule has 0 aliphatic rings. The van der Waals surface area contributed by atoms with Crippen molar-refractivity contribution in [3.8, 4) is 5.88 Å². The molecule has 0 fully saturated rings. The molecule has 0 aliphatic carbocycles. The molecular formula is C14H24N2O3. The Bertz CT molecular complexity index is 391. The van der Waals surface area contributed by atoms with Gasteiger partial charge in [0.2, 0.25) is 0 Å². The highest BCUT2D eigenvalue weighted by molar-refractivity contribution is 5.77. The SMILES string of the molecule is Cc1cc(OCC(=O)NCC(C(C)C)C(C)C)no1. The minimum absolute atomic E-state index is 0.0329. The van der Waals surface area contributed by atoms with Crippen LogP contribution in [-0.4, -0.2) is 24.2 Å². The quantitative estimate of drug-likeness (QED) is 0.824. The maximum Gasteiger partial charge on any atom is 0.258 e. The number of hydrogen-bond acceptors (Lipinski definition) is 4. The number of hydrogen-bond donors (Lipinski definition) is 1. The molecular weight excluding hydrogens is 244 g/mol. The predicted molar refractivity (Wildman–Crippen MR) is 72.9 cm³/mol. The summed E-state index contributed by atoms with van der Waals surface area (Å²) < 4.78 is 10.1. The minimum Gasteiger partial charge on any atom is -0.465 e. The van der Waals surface area contributed by atoms with E-state index in [4.69, 9.17) is 9.26 Å². The number of carbonyl (C=O) groups excluding carboxylic acids is 1. The van der Waals surface area contributed by atoms with Crippen molar-refractivity contribution >= 4 is 5.91 Å². The largest absolute Gasteiger partial charge is 0.465 e. The van der Waals surface area contributed by atoms with E-state index in [-0.39, 0.29) is 12.5 Å². The van der Waals surface area contributed by atoms with Crippen molar-refractivity contribution < 1.29 is 14.1 Å². The van der Waals surface area contributed by atoms with E-state index in [2.05, 4.69) is 38.2 Å². The molecule has 0 unspecified atom stereocenters. The molecule has 0 saturated carbocycles. The number of rotatable bonds is 7. The Labute approximate surface area is 114 Å². The number of ether oxygens (including phenoxy) is 1. The van der Waals surface area contributed by atoms with Gasteiger partial charge < -0.3 is 14.6 Å². The molecule has 5 heteroatoms. The van der Waals surface area contributed by atoms with Gasteiger partial charge in [-0.3, -0.25) is 4.79 Å². The van der Waals surface area contributed by atoms with Crippen LogP contribution in [0.15, 0.2) is 10.6 Å². The fraction of sp³-hybridized carbons (Fsp3) is 0.714. The topological polar surface area (TPSA) is 64.4 Å². The van der Waals surface area contributed by atoms with Crippen LogP contribution in [0.4, 0.5) is 0 Å². The Kier molecular flexibility index (Phi) is 5.86. The van der Waals surface area contributed by atoms with Crippen molar-refractivity contribution in [3.63, 3.8) is 0 Å². The van der Waals surface area contributed by atoms with E-state index in [1.165, 1.54) is 0 Å². The molecule has 0 spiro atoms. The first-order valence-electron chi connectivity index (χ1n) is 6.73. The molecule has 0 aliphatic heterocycles. The predicted octanol–water partition coefficient (Wildman–Crippen LogP) is 2.41. The molecule has 0 bridgehead atoms. The summed E-state index contributed by atoms with van der Waals surface area (Å²) in [4.78, 5) is 11.7. The van der Waals surface area contributed by atoms with Crippen molar-refractivity contribution in [2.45, 2.75) is 34.6 Å². The molecule has 0 saturated heterocycles. The number of aromatic nitrogens is 1. The summed E-state index contributed by atoms with van der Waals surface area (Å²) >= 11 is 0. The first kappa shape index (κ1) is 15.5. The van der Waals surface area contributed by atoms with Crippen LogP contribution in [0.3, 0.4) is 0 Å². The zero-order valence-corrected chi connectivity index (χ0v) is 12.4. The van der Waals surface area contributed by atoms with Crippen LogP contribution >= 0.6 is 0 Å². The summed E-state index contributed by atoms with van der Waals surface area (Å²) in [7, 11) is 0. The number of nitrogens with zero attached hydrogens (tertiary/aromatic N) is 1. The lowest BCUT2D eigenvalue weighted by atomic mass is 9.85. The highest BCUT2D eigenvalue weighted by Gasteiger charge is 2.18. The van der Waals surface area contributed by atoms with Gasteiger partial charge in [-0.05, 0) is 29.8 Å². The molecule has 0 atom stereocenters. The van der Waals surface area contributed by atoms with Crippen molar-refractivity contribution in [2.24, 2.45) is 17.8 Å². The van der Waals surface area contributed by atoms with E-state index in [0.29, 0.717) is 35.9 Å². The average Bonchev–Trinajstić information content (AvgIpc) is 2.71. The van der Waals surface area contributed by atoms with Crippen LogP contribution in [0.5, 0.6) is 5.88 Å². The lowest BCUT2D eigenvalue weighted by Gasteiger charge is -2.24. The summed E-state index contributed by atoms with van der Waals surface area (Å²) in [6.45, 7) is 11.1. The highest BCUT2D eigenvalue weighted by atomic mass is 16.5. The second kappa shape index (κ2) is 7.16. The Morgan fingerprint density at radius 2 is 2.00 bits per heavy atom. The Morgan fingerprint density at radius 3 is 2.47 bits per heavy atom. The van der Waals surface area contributed by atoms with Crippen LogP contribution in [0.1, 0.15) is 33.5 Å². The van der Waals surface area contributed by atoms with E-state index in [0.717, 1.165) is 0 Å². The lowest BCUT2D eigenvalue weighted by molar-refractivity contribution is -0.123. The van der Waals surface area contributed by atoms with Crippen molar-refractivity contribution in [3.05, 3.63) is 11.8 Å². The first-order chi connectivity index (χ1) is 8.90. The molecule has 1 amide bonds. The van der Waals surface area contributed by atoms with Gasteiger partial charge in [-0.2, -0.15) is 0 Å². The average molecular weight is 268 g/mol. The molecule has 0 aromatic carbocycles. The molecule has 1 aromatic rings. The van der Waals surface area contributed by atoms with Gasteiger partial charge in [-0.25, -0.2) is 0 Å². The monoisotopic (exact) mass is 268 g/mol. The van der Waals surface area contributed by atoms with E-state index in [9.17, 15) is 4.79 Å². The maximum atomic E-state index is 11.7. The minimum atomic E-state index is -0.132. The smallest absolute Gasteiger partial charge is 0.258 e. The van der Waals surface area contributed by atoms with Crippen LogP contribution in [0, 0.1) is 24.7 Å². The lowest BCUT2D eigenvalue weighted by Crippen LogP contribution is -2.36. The molecule has 108 valence electrons. The van der Waals surface area contributed by atoms with Gasteiger partial charge >= 0.3 is 0 Å². The normalized spacial score (nSPS) is 11.4. The van der Waals surface area contributed by atoms with Gasteiger partial charge in [-0.1, -0.05) is 27.7 Å². The Morgan fingerprint density at radius 1 is 1.37 bits per heavy atom. The summed E-state index contributed by atoms with van der Waals surface area (Å²) in [6.07, 6.45) is 0. The Balaban J connectivity index is 2.31. The van der Waals surface area contributed by atoms with Gasteiger partial charge in [0.25, 0.3) is 11.8 Å². The molecule has 1 aromatic heterocycles. The molecule has 1 heterocycles. The molecule has 0 radical (unpaired) electrons. The van der Waals surface area contributed by atoms with Crippen LogP contribution in [0.2, 0.25) is 0 Å². The molecule has 19 heavy (non-hydrogen) atoms. The van der Waals surface area contributed by atoms with Gasteiger partial charge in [0.1, 0.15) is 5.76 Å². The standard InChI is InChI=1S/C14H24N2O3/c1-9(2)12(10(3)4)7-15-13(17)8-18-14-6-11(5)19-16-14/h6,9-10,12H,7-8H2,1-5H3,(H,15,17). The van der Waals surface area contributed by atoms with E-state index < -0.39 is 0 Å². The number of aryl methyl sites for hydroxylation is 1. The third-order valence-electron chi connectivity index (χ3n) is 3.21. The fourth-order valence-electron chi connectivity index (χ4n) is 2.08. The van der Waals surface area contributed by atoms with E-state index >= 15 is 0 Å². The second-order valence-electron chi connectivity index (χ2n) is 5.52. The number of carbonyl (C=O) groups is 1. The summed E-state index contributed by atoms with van der Waals surface area (Å²) in [6, 6.07) is 1.65. The second-order valence-corrected chi connectivity index (χ2v) is 5.52. The third kappa shape index (κ3) is 5.32. The van der Waals surface area contributed by atoms with Crippen LogP contribution in [0.25, 0.3) is 0 Å². The van der Waals surface area contributed by atoms with Crippen molar-refractivity contribution in [1.82, 2.24) is 10.5 Å². The van der Waals surface area contributed by atoms with Crippen LogP contribution < -0.4 is 10.1 Å². The van der Waals surface area contributed by atoms with Crippen molar-refractivity contribution in [2.75, 3.05) is 13.2 Å². The maximum absolute atomic E-state index is 11.7. The zero-order valence-electron chi connectivity index (χ0n) is 12.4. The van der Waals surface area contributed by atoms with Crippen molar-refractivity contribution in [1.29, 1.82) is 0 Å². The van der Waals surface area contributed by atoms with Gasteiger partial charge in [0, 0.05) is 12.6 Å².